The van der Waals surface area contributed by atoms with Gasteiger partial charge in [0.15, 0.2) is 5.78 Å². The summed E-state index contributed by atoms with van der Waals surface area (Å²) in [5, 5.41) is 4.69. The van der Waals surface area contributed by atoms with Crippen LogP contribution in [-0.4, -0.2) is 20.5 Å². The maximum absolute atomic E-state index is 12.2. The summed E-state index contributed by atoms with van der Waals surface area (Å²) in [7, 11) is 0. The van der Waals surface area contributed by atoms with Gasteiger partial charge in [0.05, 0.1) is 6.42 Å². The molecule has 2 aromatic rings. The Morgan fingerprint density at radius 1 is 1.44 bits per heavy atom. The van der Waals surface area contributed by atoms with Crippen LogP contribution < -0.4 is 0 Å². The van der Waals surface area contributed by atoms with Gasteiger partial charge in [0.1, 0.15) is 12.2 Å². The van der Waals surface area contributed by atoms with E-state index >= 15 is 0 Å². The Balaban J connectivity index is 2.22. The van der Waals surface area contributed by atoms with Gasteiger partial charge in [-0.3, -0.25) is 4.79 Å². The first kappa shape index (κ1) is 12.8. The minimum absolute atomic E-state index is 0.0341. The van der Waals surface area contributed by atoms with Crippen molar-refractivity contribution in [1.82, 2.24) is 14.8 Å². The summed E-state index contributed by atoms with van der Waals surface area (Å²) >= 11 is 5.87. The van der Waals surface area contributed by atoms with E-state index in [0.29, 0.717) is 23.0 Å². The number of carbonyl (C=O) groups excluding carboxylic acids is 1. The second-order valence-corrected chi connectivity index (χ2v) is 4.49. The number of benzene rings is 1. The predicted octanol–water partition coefficient (Wildman–Crippen LogP) is 2.69. The van der Waals surface area contributed by atoms with Gasteiger partial charge in [0.2, 0.25) is 0 Å². The third-order valence-electron chi connectivity index (χ3n) is 2.80. The van der Waals surface area contributed by atoms with Gasteiger partial charge >= 0.3 is 0 Å². The molecule has 0 aliphatic rings. The van der Waals surface area contributed by atoms with Crippen LogP contribution in [-0.2, 0) is 13.0 Å². The van der Waals surface area contributed by atoms with Crippen LogP contribution in [0.2, 0.25) is 5.02 Å². The molecule has 1 aromatic carbocycles. The van der Waals surface area contributed by atoms with E-state index in [9.17, 15) is 4.79 Å². The van der Waals surface area contributed by atoms with Crippen molar-refractivity contribution in [3.8, 4) is 0 Å². The monoisotopic (exact) mass is 263 g/mol. The average Bonchev–Trinajstić information content (AvgIpc) is 2.76. The van der Waals surface area contributed by atoms with E-state index in [0.717, 1.165) is 5.56 Å². The van der Waals surface area contributed by atoms with Gasteiger partial charge in [-0.15, -0.1) is 0 Å². The Hall–Kier alpha value is -1.68. The van der Waals surface area contributed by atoms with E-state index in [1.54, 1.807) is 22.9 Å². The van der Waals surface area contributed by atoms with Crippen molar-refractivity contribution in [3.05, 3.63) is 46.5 Å². The van der Waals surface area contributed by atoms with Gasteiger partial charge in [-0.1, -0.05) is 11.6 Å². The molecule has 0 N–H and O–H groups in total. The summed E-state index contributed by atoms with van der Waals surface area (Å²) in [6.45, 7) is 4.56. The van der Waals surface area contributed by atoms with Crippen molar-refractivity contribution < 1.29 is 4.79 Å². The smallest absolute Gasteiger partial charge is 0.170 e. The molecule has 1 heterocycles. The molecule has 0 bridgehead atoms. The zero-order chi connectivity index (χ0) is 13.1. The number of aromatic nitrogens is 3. The van der Waals surface area contributed by atoms with Gasteiger partial charge in [0.25, 0.3) is 0 Å². The number of rotatable bonds is 4. The number of hydrogen-bond donors (Lipinski definition) is 0. The quantitative estimate of drug-likeness (QED) is 0.797. The molecule has 0 unspecified atom stereocenters. The molecule has 0 aliphatic carbocycles. The van der Waals surface area contributed by atoms with Crippen LogP contribution in [0.25, 0.3) is 0 Å². The number of nitrogens with zero attached hydrogens (tertiary/aromatic N) is 3. The highest BCUT2D eigenvalue weighted by Gasteiger charge is 2.13. The molecule has 0 saturated heterocycles. The molecule has 1 aromatic heterocycles. The SMILES string of the molecule is CCn1ncnc1CC(=O)c1ccc(Cl)cc1C. The van der Waals surface area contributed by atoms with Crippen molar-refractivity contribution >= 4 is 17.4 Å². The minimum atomic E-state index is 0.0341. The minimum Gasteiger partial charge on any atom is -0.294 e. The van der Waals surface area contributed by atoms with Crippen LogP contribution in [0.5, 0.6) is 0 Å². The van der Waals surface area contributed by atoms with Gasteiger partial charge in [-0.05, 0) is 37.6 Å². The largest absolute Gasteiger partial charge is 0.294 e. The molecule has 4 nitrogen and oxygen atoms in total. The standard InChI is InChI=1S/C13H14ClN3O/c1-3-17-13(15-8-16-17)7-12(18)11-5-4-10(14)6-9(11)2/h4-6,8H,3,7H2,1-2H3. The third kappa shape index (κ3) is 2.59. The summed E-state index contributed by atoms with van der Waals surface area (Å²) in [4.78, 5) is 16.3. The van der Waals surface area contributed by atoms with E-state index in [1.807, 2.05) is 13.8 Å². The molecule has 0 aliphatic heterocycles. The molecule has 5 heteroatoms. The molecular formula is C13H14ClN3O. The first-order valence-electron chi connectivity index (χ1n) is 5.78. The van der Waals surface area contributed by atoms with E-state index in [2.05, 4.69) is 10.1 Å². The topological polar surface area (TPSA) is 47.8 Å². The Labute approximate surface area is 111 Å². The number of aryl methyl sites for hydroxylation is 2. The summed E-state index contributed by atoms with van der Waals surface area (Å²) in [6.07, 6.45) is 1.73. The number of halogens is 1. The zero-order valence-corrected chi connectivity index (χ0v) is 11.1. The Bertz CT molecular complexity index is 577. The molecule has 18 heavy (non-hydrogen) atoms. The summed E-state index contributed by atoms with van der Waals surface area (Å²) < 4.78 is 1.73. The zero-order valence-electron chi connectivity index (χ0n) is 10.4. The first-order chi connectivity index (χ1) is 8.61. The molecule has 2 rings (SSSR count). The van der Waals surface area contributed by atoms with Crippen molar-refractivity contribution in [1.29, 1.82) is 0 Å². The number of carbonyl (C=O) groups is 1. The van der Waals surface area contributed by atoms with E-state index in [4.69, 9.17) is 11.6 Å². The van der Waals surface area contributed by atoms with E-state index < -0.39 is 0 Å². The summed E-state index contributed by atoms with van der Waals surface area (Å²) in [5.74, 6) is 0.726. The van der Waals surface area contributed by atoms with E-state index in [1.165, 1.54) is 6.33 Å². The maximum atomic E-state index is 12.2. The molecule has 0 amide bonds. The Morgan fingerprint density at radius 3 is 2.89 bits per heavy atom. The van der Waals surface area contributed by atoms with Crippen LogP contribution in [0.3, 0.4) is 0 Å². The van der Waals surface area contributed by atoms with Crippen LogP contribution >= 0.6 is 11.6 Å². The summed E-state index contributed by atoms with van der Waals surface area (Å²) in [6, 6.07) is 5.28. The molecule has 0 spiro atoms. The number of hydrogen-bond acceptors (Lipinski definition) is 3. The predicted molar refractivity (Wildman–Crippen MR) is 69.9 cm³/mol. The fourth-order valence-corrected chi connectivity index (χ4v) is 2.09. The normalized spacial score (nSPS) is 10.6. The Morgan fingerprint density at radius 2 is 2.22 bits per heavy atom. The fraction of sp³-hybridized carbons (Fsp3) is 0.308. The lowest BCUT2D eigenvalue weighted by atomic mass is 10.0. The van der Waals surface area contributed by atoms with Crippen LogP contribution in [0.4, 0.5) is 0 Å². The molecule has 0 atom stereocenters. The number of ketones is 1. The van der Waals surface area contributed by atoms with Crippen LogP contribution in [0, 0.1) is 6.92 Å². The fourth-order valence-electron chi connectivity index (χ4n) is 1.87. The molecule has 0 fully saturated rings. The summed E-state index contributed by atoms with van der Waals surface area (Å²) in [5.41, 5.74) is 1.57. The van der Waals surface area contributed by atoms with Crippen molar-refractivity contribution in [3.63, 3.8) is 0 Å². The van der Waals surface area contributed by atoms with Crippen LogP contribution in [0.1, 0.15) is 28.7 Å². The Kier molecular flexibility index (Phi) is 3.77. The lowest BCUT2D eigenvalue weighted by Crippen LogP contribution is -2.11. The van der Waals surface area contributed by atoms with Gasteiger partial charge in [-0.2, -0.15) is 5.10 Å². The molecule has 0 saturated carbocycles. The van der Waals surface area contributed by atoms with Gasteiger partial charge < -0.3 is 0 Å². The second-order valence-electron chi connectivity index (χ2n) is 4.05. The third-order valence-corrected chi connectivity index (χ3v) is 3.04. The lowest BCUT2D eigenvalue weighted by molar-refractivity contribution is 0.0989. The van der Waals surface area contributed by atoms with Crippen molar-refractivity contribution in [2.24, 2.45) is 0 Å². The van der Waals surface area contributed by atoms with Crippen LogP contribution in [0.15, 0.2) is 24.5 Å². The highest BCUT2D eigenvalue weighted by molar-refractivity contribution is 6.30. The lowest BCUT2D eigenvalue weighted by Gasteiger charge is -2.06. The maximum Gasteiger partial charge on any atom is 0.170 e. The average molecular weight is 264 g/mol. The van der Waals surface area contributed by atoms with E-state index in [-0.39, 0.29) is 12.2 Å². The molecular weight excluding hydrogens is 250 g/mol. The van der Waals surface area contributed by atoms with Crippen molar-refractivity contribution in [2.75, 3.05) is 0 Å². The first-order valence-corrected chi connectivity index (χ1v) is 6.15. The van der Waals surface area contributed by atoms with Gasteiger partial charge in [0, 0.05) is 17.1 Å². The number of Topliss-reactive ketones (excluding diaryl/α,β-unsaturated/α-hetero) is 1. The molecule has 0 radical (unpaired) electrons. The van der Waals surface area contributed by atoms with Gasteiger partial charge in [-0.25, -0.2) is 9.67 Å². The highest BCUT2D eigenvalue weighted by atomic mass is 35.5. The van der Waals surface area contributed by atoms with Crippen molar-refractivity contribution in [2.45, 2.75) is 26.8 Å². The molecule has 94 valence electrons. The second kappa shape index (κ2) is 5.31. The highest BCUT2D eigenvalue weighted by Crippen LogP contribution is 2.16.